The van der Waals surface area contributed by atoms with E-state index in [0.717, 1.165) is 13.0 Å². The van der Waals surface area contributed by atoms with Crippen LogP contribution < -0.4 is 5.32 Å². The highest BCUT2D eigenvalue weighted by molar-refractivity contribution is 5.88. The van der Waals surface area contributed by atoms with Crippen molar-refractivity contribution in [3.63, 3.8) is 0 Å². The van der Waals surface area contributed by atoms with Gasteiger partial charge in [-0.2, -0.15) is 0 Å². The quantitative estimate of drug-likeness (QED) is 0.693. The summed E-state index contributed by atoms with van der Waals surface area (Å²) in [7, 11) is 0. The predicted molar refractivity (Wildman–Crippen MR) is 67.9 cm³/mol. The molecule has 3 rings (SSSR count). The highest BCUT2D eigenvalue weighted by Crippen LogP contribution is 2.32. The second-order valence-corrected chi connectivity index (χ2v) is 4.87. The molecule has 1 aromatic heterocycles. The van der Waals surface area contributed by atoms with Crippen LogP contribution >= 0.6 is 0 Å². The monoisotopic (exact) mass is 214 g/mol. The van der Waals surface area contributed by atoms with E-state index in [1.54, 1.807) is 0 Å². The summed E-state index contributed by atoms with van der Waals surface area (Å²) >= 11 is 0. The molecule has 0 saturated heterocycles. The maximum Gasteiger partial charge on any atom is 0.0491 e. The third-order valence-corrected chi connectivity index (χ3v) is 3.90. The van der Waals surface area contributed by atoms with Gasteiger partial charge in [-0.05, 0) is 50.4 Å². The van der Waals surface area contributed by atoms with Crippen molar-refractivity contribution in [1.82, 2.24) is 10.3 Å². The molecule has 16 heavy (non-hydrogen) atoms. The van der Waals surface area contributed by atoms with Gasteiger partial charge in [-0.15, -0.1) is 0 Å². The molecule has 0 aliphatic carbocycles. The lowest BCUT2D eigenvalue weighted by molar-refractivity contribution is 0.533. The molecule has 2 heterocycles. The smallest absolute Gasteiger partial charge is 0.0491 e. The standard InChI is InChI=1S/C14H18N2/c1-8-4-5-11-12-6-7-15-10(3)14(12)16-13(11)9(8)2/h4-5,10,15-16H,6-7H2,1-3H3. The van der Waals surface area contributed by atoms with Gasteiger partial charge in [-0.3, -0.25) is 0 Å². The van der Waals surface area contributed by atoms with Gasteiger partial charge < -0.3 is 10.3 Å². The molecule has 2 nitrogen and oxygen atoms in total. The molecular formula is C14H18N2. The Bertz CT molecular complexity index is 551. The molecule has 0 fully saturated rings. The number of rotatable bonds is 0. The van der Waals surface area contributed by atoms with Crippen molar-refractivity contribution >= 4 is 10.9 Å². The van der Waals surface area contributed by atoms with Crippen molar-refractivity contribution < 1.29 is 0 Å². The first-order chi connectivity index (χ1) is 7.68. The Morgan fingerprint density at radius 2 is 2.06 bits per heavy atom. The van der Waals surface area contributed by atoms with Crippen LogP contribution in [0.1, 0.15) is 35.3 Å². The Morgan fingerprint density at radius 3 is 2.88 bits per heavy atom. The summed E-state index contributed by atoms with van der Waals surface area (Å²) in [5, 5.41) is 4.92. The van der Waals surface area contributed by atoms with E-state index in [2.05, 4.69) is 43.2 Å². The molecule has 0 saturated carbocycles. The first kappa shape index (κ1) is 9.91. The van der Waals surface area contributed by atoms with Crippen molar-refractivity contribution in [3.05, 3.63) is 34.5 Å². The van der Waals surface area contributed by atoms with Gasteiger partial charge in [0.05, 0.1) is 0 Å². The number of aryl methyl sites for hydroxylation is 2. The largest absolute Gasteiger partial charge is 0.357 e. The van der Waals surface area contributed by atoms with Gasteiger partial charge >= 0.3 is 0 Å². The molecule has 2 N–H and O–H groups in total. The molecule has 1 atom stereocenters. The number of fused-ring (bicyclic) bond motifs is 3. The van der Waals surface area contributed by atoms with Crippen molar-refractivity contribution in [2.75, 3.05) is 6.54 Å². The molecule has 84 valence electrons. The second kappa shape index (κ2) is 3.36. The minimum Gasteiger partial charge on any atom is -0.357 e. The molecule has 0 amide bonds. The van der Waals surface area contributed by atoms with Crippen molar-refractivity contribution in [1.29, 1.82) is 0 Å². The molecule has 1 aliphatic rings. The van der Waals surface area contributed by atoms with Crippen LogP contribution in [0.2, 0.25) is 0 Å². The zero-order chi connectivity index (χ0) is 11.3. The lowest BCUT2D eigenvalue weighted by atomic mass is 9.98. The minimum absolute atomic E-state index is 0.454. The fourth-order valence-corrected chi connectivity index (χ4v) is 2.74. The van der Waals surface area contributed by atoms with Crippen molar-refractivity contribution in [2.45, 2.75) is 33.2 Å². The molecule has 0 spiro atoms. The zero-order valence-corrected chi connectivity index (χ0v) is 10.1. The summed E-state index contributed by atoms with van der Waals surface area (Å²) in [4.78, 5) is 3.61. The van der Waals surface area contributed by atoms with Gasteiger partial charge in [0.1, 0.15) is 0 Å². The van der Waals surface area contributed by atoms with Crippen molar-refractivity contribution in [2.24, 2.45) is 0 Å². The van der Waals surface area contributed by atoms with Gasteiger partial charge in [-0.25, -0.2) is 0 Å². The number of H-pyrrole nitrogens is 1. The molecule has 1 aliphatic heterocycles. The van der Waals surface area contributed by atoms with Gasteiger partial charge in [-0.1, -0.05) is 12.1 Å². The fraction of sp³-hybridized carbons (Fsp3) is 0.429. The van der Waals surface area contributed by atoms with Gasteiger partial charge in [0.2, 0.25) is 0 Å². The maximum absolute atomic E-state index is 3.61. The molecule has 2 heteroatoms. The average Bonchev–Trinajstić information content (AvgIpc) is 2.65. The minimum atomic E-state index is 0.454. The molecular weight excluding hydrogens is 196 g/mol. The Balaban J connectivity index is 2.35. The summed E-state index contributed by atoms with van der Waals surface area (Å²) in [6.07, 6.45) is 1.14. The lowest BCUT2D eigenvalue weighted by Crippen LogP contribution is -2.27. The van der Waals surface area contributed by atoms with Crippen LogP contribution in [0.15, 0.2) is 12.1 Å². The number of nitrogens with one attached hydrogen (secondary N) is 2. The molecule has 1 unspecified atom stereocenters. The van der Waals surface area contributed by atoms with Crippen LogP contribution in [0.25, 0.3) is 10.9 Å². The fourth-order valence-electron chi connectivity index (χ4n) is 2.74. The predicted octanol–water partition coefficient (Wildman–Crippen LogP) is 2.99. The summed E-state index contributed by atoms with van der Waals surface area (Å²) in [5.41, 5.74) is 6.99. The highest BCUT2D eigenvalue weighted by Gasteiger charge is 2.21. The van der Waals surface area contributed by atoms with Crippen LogP contribution in [0, 0.1) is 13.8 Å². The SMILES string of the molecule is Cc1ccc2c3c([nH]c2c1C)C(C)NCC3. The van der Waals surface area contributed by atoms with E-state index >= 15 is 0 Å². The Hall–Kier alpha value is -1.28. The topological polar surface area (TPSA) is 27.8 Å². The van der Waals surface area contributed by atoms with Crippen molar-refractivity contribution in [3.8, 4) is 0 Å². The van der Waals surface area contributed by atoms with E-state index in [0.29, 0.717) is 6.04 Å². The van der Waals surface area contributed by atoms with Crippen LogP contribution in [0.3, 0.4) is 0 Å². The van der Waals surface area contributed by atoms with Crippen LogP contribution in [0.4, 0.5) is 0 Å². The van der Waals surface area contributed by atoms with Gasteiger partial charge in [0.15, 0.2) is 0 Å². The third kappa shape index (κ3) is 1.23. The van der Waals surface area contributed by atoms with Crippen LogP contribution in [-0.4, -0.2) is 11.5 Å². The van der Waals surface area contributed by atoms with E-state index < -0.39 is 0 Å². The summed E-state index contributed by atoms with van der Waals surface area (Å²) in [6, 6.07) is 4.96. The van der Waals surface area contributed by atoms with E-state index in [1.165, 1.54) is 33.3 Å². The first-order valence-corrected chi connectivity index (χ1v) is 6.02. The van der Waals surface area contributed by atoms with Gasteiger partial charge in [0, 0.05) is 22.6 Å². The second-order valence-electron chi connectivity index (χ2n) is 4.87. The molecule has 0 bridgehead atoms. The molecule has 1 aromatic carbocycles. The van der Waals surface area contributed by atoms with E-state index in [4.69, 9.17) is 0 Å². The number of aromatic amines is 1. The summed E-state index contributed by atoms with van der Waals surface area (Å²) in [6.45, 7) is 7.71. The summed E-state index contributed by atoms with van der Waals surface area (Å²) < 4.78 is 0. The third-order valence-electron chi connectivity index (χ3n) is 3.90. The molecule has 2 aromatic rings. The summed E-state index contributed by atoms with van der Waals surface area (Å²) in [5.74, 6) is 0. The molecule has 0 radical (unpaired) electrons. The number of hydrogen-bond donors (Lipinski definition) is 2. The Morgan fingerprint density at radius 1 is 1.25 bits per heavy atom. The van der Waals surface area contributed by atoms with Gasteiger partial charge in [0.25, 0.3) is 0 Å². The number of hydrogen-bond acceptors (Lipinski definition) is 1. The highest BCUT2D eigenvalue weighted by atomic mass is 15.0. The average molecular weight is 214 g/mol. The number of aromatic nitrogens is 1. The Kier molecular flexibility index (Phi) is 2.08. The maximum atomic E-state index is 3.61. The van der Waals surface area contributed by atoms with E-state index in [1.807, 2.05) is 0 Å². The lowest BCUT2D eigenvalue weighted by Gasteiger charge is -2.20. The Labute approximate surface area is 96.1 Å². The van der Waals surface area contributed by atoms with E-state index in [9.17, 15) is 0 Å². The normalized spacial score (nSPS) is 20.1. The zero-order valence-electron chi connectivity index (χ0n) is 10.1. The number of benzene rings is 1. The van der Waals surface area contributed by atoms with Crippen LogP contribution in [-0.2, 0) is 6.42 Å². The van der Waals surface area contributed by atoms with Crippen LogP contribution in [0.5, 0.6) is 0 Å². The van der Waals surface area contributed by atoms with E-state index in [-0.39, 0.29) is 0 Å². The first-order valence-electron chi connectivity index (χ1n) is 6.02.